The third-order valence-electron chi connectivity index (χ3n) is 3.64. The Morgan fingerprint density at radius 1 is 1.45 bits per heavy atom. The lowest BCUT2D eigenvalue weighted by Gasteiger charge is -2.18. The molecular formula is C14H14BrN3O2. The zero-order chi connectivity index (χ0) is 14.3. The summed E-state index contributed by atoms with van der Waals surface area (Å²) in [6, 6.07) is 7.67. The minimum Gasteiger partial charge on any atom is -0.375 e. The molecule has 0 aliphatic carbocycles. The number of likely N-dealkylation sites (tertiary alicyclic amines) is 1. The molecule has 2 heterocycles. The number of rotatable bonds is 2. The highest BCUT2D eigenvalue weighted by Crippen LogP contribution is 2.32. The van der Waals surface area contributed by atoms with Crippen molar-refractivity contribution in [1.29, 1.82) is 0 Å². The molecule has 20 heavy (non-hydrogen) atoms. The molecule has 1 atom stereocenters. The van der Waals surface area contributed by atoms with Crippen LogP contribution >= 0.6 is 15.9 Å². The molecule has 1 amide bonds. The highest BCUT2D eigenvalue weighted by atomic mass is 79.9. The maximum Gasteiger partial charge on any atom is 0.259 e. The first-order valence-corrected chi connectivity index (χ1v) is 7.09. The number of carbonyl (C=O) groups is 1. The lowest BCUT2D eigenvalue weighted by Crippen LogP contribution is -2.35. The molecule has 1 saturated heterocycles. The smallest absolute Gasteiger partial charge is 0.259 e. The number of hydrogen-bond donors (Lipinski definition) is 1. The largest absolute Gasteiger partial charge is 0.375 e. The molecule has 1 fully saturated rings. The van der Waals surface area contributed by atoms with Gasteiger partial charge in [-0.2, -0.15) is 5.10 Å². The standard InChI is InChI=1S/C14H14BrN3O2/c1-17-6-5-14(20,13(17)19)10-8-16-18(9-10)12-4-2-3-11(15)7-12/h2-4,7-9,20H,5-6H2,1H3/t14-/m0/s1. The first-order valence-electron chi connectivity index (χ1n) is 6.30. The van der Waals surface area contributed by atoms with Crippen LogP contribution in [0.1, 0.15) is 12.0 Å². The molecular weight excluding hydrogens is 322 g/mol. The number of likely N-dealkylation sites (N-methyl/N-ethyl adjacent to an activating group) is 1. The van der Waals surface area contributed by atoms with Gasteiger partial charge in [0.15, 0.2) is 5.60 Å². The van der Waals surface area contributed by atoms with E-state index in [-0.39, 0.29) is 5.91 Å². The van der Waals surface area contributed by atoms with Crippen LogP contribution in [0.15, 0.2) is 41.1 Å². The average molecular weight is 336 g/mol. The van der Waals surface area contributed by atoms with Gasteiger partial charge in [-0.3, -0.25) is 4.79 Å². The predicted molar refractivity (Wildman–Crippen MR) is 77.4 cm³/mol. The monoisotopic (exact) mass is 335 g/mol. The molecule has 104 valence electrons. The number of benzene rings is 1. The fraction of sp³-hybridized carbons (Fsp3) is 0.286. The van der Waals surface area contributed by atoms with E-state index in [0.29, 0.717) is 18.5 Å². The Bertz CT molecular complexity index is 670. The fourth-order valence-electron chi connectivity index (χ4n) is 2.42. The SMILES string of the molecule is CN1CC[C@](O)(c2cnn(-c3cccc(Br)c3)c2)C1=O. The van der Waals surface area contributed by atoms with E-state index < -0.39 is 5.60 Å². The van der Waals surface area contributed by atoms with Gasteiger partial charge in [0.2, 0.25) is 0 Å². The third kappa shape index (κ3) is 2.05. The molecule has 1 N–H and O–H groups in total. The van der Waals surface area contributed by atoms with Crippen LogP contribution in [0.3, 0.4) is 0 Å². The minimum absolute atomic E-state index is 0.272. The van der Waals surface area contributed by atoms with Crippen LogP contribution in [0, 0.1) is 0 Å². The summed E-state index contributed by atoms with van der Waals surface area (Å²) in [5, 5.41) is 14.8. The van der Waals surface area contributed by atoms with Gasteiger partial charge in [0, 0.05) is 36.2 Å². The summed E-state index contributed by atoms with van der Waals surface area (Å²) in [6.07, 6.45) is 3.66. The van der Waals surface area contributed by atoms with Gasteiger partial charge in [-0.05, 0) is 18.2 Å². The van der Waals surface area contributed by atoms with E-state index in [1.807, 2.05) is 24.3 Å². The van der Waals surface area contributed by atoms with Crippen LogP contribution in [0.2, 0.25) is 0 Å². The molecule has 0 radical (unpaired) electrons. The molecule has 3 rings (SSSR count). The number of carbonyl (C=O) groups excluding carboxylic acids is 1. The van der Waals surface area contributed by atoms with Crippen LogP contribution in [0.4, 0.5) is 0 Å². The second-order valence-corrected chi connectivity index (χ2v) is 5.91. The first-order chi connectivity index (χ1) is 9.50. The van der Waals surface area contributed by atoms with Gasteiger partial charge in [0.25, 0.3) is 5.91 Å². The Morgan fingerprint density at radius 3 is 2.90 bits per heavy atom. The summed E-state index contributed by atoms with van der Waals surface area (Å²) in [7, 11) is 1.69. The van der Waals surface area contributed by atoms with E-state index >= 15 is 0 Å². The van der Waals surface area contributed by atoms with Gasteiger partial charge < -0.3 is 10.0 Å². The zero-order valence-corrected chi connectivity index (χ0v) is 12.5. The highest BCUT2D eigenvalue weighted by Gasteiger charge is 2.46. The van der Waals surface area contributed by atoms with Gasteiger partial charge in [-0.1, -0.05) is 22.0 Å². The third-order valence-corrected chi connectivity index (χ3v) is 4.14. The Hall–Kier alpha value is -1.66. The van der Waals surface area contributed by atoms with Crippen LogP contribution in [0.5, 0.6) is 0 Å². The Kier molecular flexibility index (Phi) is 3.14. The predicted octanol–water partition coefficient (Wildman–Crippen LogP) is 1.68. The van der Waals surface area contributed by atoms with E-state index in [2.05, 4.69) is 21.0 Å². The maximum atomic E-state index is 12.1. The van der Waals surface area contributed by atoms with Crippen molar-refractivity contribution in [2.75, 3.05) is 13.6 Å². The topological polar surface area (TPSA) is 58.4 Å². The molecule has 1 aromatic heterocycles. The van der Waals surface area contributed by atoms with Crippen LogP contribution in [0.25, 0.3) is 5.69 Å². The summed E-state index contributed by atoms with van der Waals surface area (Å²) in [5.74, 6) is -0.272. The Balaban J connectivity index is 1.97. The summed E-state index contributed by atoms with van der Waals surface area (Å²) in [6.45, 7) is 0.553. The second-order valence-electron chi connectivity index (χ2n) is 4.99. The van der Waals surface area contributed by atoms with Gasteiger partial charge in [0.05, 0.1) is 11.9 Å². The number of halogens is 1. The van der Waals surface area contributed by atoms with Gasteiger partial charge in [0.1, 0.15) is 0 Å². The van der Waals surface area contributed by atoms with E-state index in [1.54, 1.807) is 24.1 Å². The molecule has 1 aromatic carbocycles. The van der Waals surface area contributed by atoms with Crippen LogP contribution < -0.4 is 0 Å². The summed E-state index contributed by atoms with van der Waals surface area (Å²) in [4.78, 5) is 13.6. The molecule has 1 aliphatic heterocycles. The van der Waals surface area contributed by atoms with Gasteiger partial charge in [-0.15, -0.1) is 0 Å². The number of amides is 1. The number of aromatic nitrogens is 2. The normalized spacial score (nSPS) is 22.6. The van der Waals surface area contributed by atoms with Crippen LogP contribution in [-0.4, -0.2) is 39.3 Å². The quantitative estimate of drug-likeness (QED) is 0.908. The number of aliphatic hydroxyl groups is 1. The van der Waals surface area contributed by atoms with Crippen molar-refractivity contribution in [3.05, 3.63) is 46.7 Å². The Morgan fingerprint density at radius 2 is 2.25 bits per heavy atom. The fourth-order valence-corrected chi connectivity index (χ4v) is 2.80. The van der Waals surface area contributed by atoms with Crippen molar-refractivity contribution >= 4 is 21.8 Å². The summed E-state index contributed by atoms with van der Waals surface area (Å²) < 4.78 is 2.60. The number of nitrogens with zero attached hydrogens (tertiary/aromatic N) is 3. The van der Waals surface area contributed by atoms with Crippen molar-refractivity contribution in [2.45, 2.75) is 12.0 Å². The van der Waals surface area contributed by atoms with Crippen molar-refractivity contribution in [3.8, 4) is 5.69 Å². The van der Waals surface area contributed by atoms with Crippen LogP contribution in [-0.2, 0) is 10.4 Å². The van der Waals surface area contributed by atoms with E-state index in [4.69, 9.17) is 0 Å². The lowest BCUT2D eigenvalue weighted by atomic mass is 9.95. The van der Waals surface area contributed by atoms with Gasteiger partial charge >= 0.3 is 0 Å². The molecule has 0 saturated carbocycles. The Labute approximate surface area is 124 Å². The van der Waals surface area contributed by atoms with E-state index in [1.165, 1.54) is 4.90 Å². The van der Waals surface area contributed by atoms with Crippen molar-refractivity contribution in [1.82, 2.24) is 14.7 Å². The summed E-state index contributed by atoms with van der Waals surface area (Å²) >= 11 is 3.41. The van der Waals surface area contributed by atoms with Crippen molar-refractivity contribution in [3.63, 3.8) is 0 Å². The number of hydrogen-bond acceptors (Lipinski definition) is 3. The van der Waals surface area contributed by atoms with Gasteiger partial charge in [-0.25, -0.2) is 4.68 Å². The minimum atomic E-state index is -1.45. The van der Waals surface area contributed by atoms with Crippen molar-refractivity contribution < 1.29 is 9.90 Å². The molecule has 0 spiro atoms. The molecule has 5 nitrogen and oxygen atoms in total. The molecule has 0 unspecified atom stereocenters. The second kappa shape index (κ2) is 4.71. The molecule has 1 aliphatic rings. The van der Waals surface area contributed by atoms with Crippen molar-refractivity contribution in [2.24, 2.45) is 0 Å². The van der Waals surface area contributed by atoms with E-state index in [0.717, 1.165) is 10.2 Å². The van der Waals surface area contributed by atoms with E-state index in [9.17, 15) is 9.90 Å². The molecule has 2 aromatic rings. The first kappa shape index (κ1) is 13.3. The average Bonchev–Trinajstić information content (AvgIpc) is 3.02. The highest BCUT2D eigenvalue weighted by molar-refractivity contribution is 9.10. The lowest BCUT2D eigenvalue weighted by molar-refractivity contribution is -0.143. The molecule has 6 heteroatoms. The summed E-state index contributed by atoms with van der Waals surface area (Å²) in [5.41, 5.74) is -0.0428. The molecule has 0 bridgehead atoms. The zero-order valence-electron chi connectivity index (χ0n) is 11.0. The maximum absolute atomic E-state index is 12.1.